The second kappa shape index (κ2) is 21.6. The van der Waals surface area contributed by atoms with E-state index in [2.05, 4.69) is 48.2 Å². The van der Waals surface area contributed by atoms with Crippen LogP contribution in [-0.4, -0.2) is 65.6 Å². The van der Waals surface area contributed by atoms with Crippen molar-refractivity contribution in [1.29, 1.82) is 0 Å². The van der Waals surface area contributed by atoms with Gasteiger partial charge in [0.05, 0.1) is 37.5 Å². The van der Waals surface area contributed by atoms with Gasteiger partial charge in [0.1, 0.15) is 0 Å². The van der Waals surface area contributed by atoms with Crippen LogP contribution in [-0.2, 0) is 22.3 Å². The largest absolute Gasteiger partial charge is 0.481 e. The second-order valence-corrected chi connectivity index (χ2v) is 14.8. The van der Waals surface area contributed by atoms with Gasteiger partial charge in [0.15, 0.2) is 11.6 Å². The maximum atomic E-state index is 12.8. The highest BCUT2D eigenvalue weighted by atomic mass is 127. The van der Waals surface area contributed by atoms with Crippen molar-refractivity contribution in [3.05, 3.63) is 70.8 Å². The molecule has 6 rings (SSSR count). The normalized spacial score (nSPS) is 19.6. The number of carbonyl (C=O) groups is 2. The first-order valence-corrected chi connectivity index (χ1v) is 19.6. The Morgan fingerprint density at radius 1 is 0.673 bits per heavy atom. The molecule has 0 aliphatic heterocycles. The molecular formula is C42H55IN2O6S. The van der Waals surface area contributed by atoms with E-state index >= 15 is 0 Å². The molecule has 2 saturated carbocycles. The third-order valence-corrected chi connectivity index (χ3v) is 10.2. The Hall–Kier alpha value is -3.06. The second-order valence-electron chi connectivity index (χ2n) is 13.1. The Labute approximate surface area is 328 Å². The quantitative estimate of drug-likeness (QED) is 0.0669. The average Bonchev–Trinajstić information content (AvgIpc) is 3.19. The summed E-state index contributed by atoms with van der Waals surface area (Å²) in [7, 11) is 6.79. The van der Waals surface area contributed by atoms with Crippen molar-refractivity contribution in [2.75, 3.05) is 28.4 Å². The number of halogens is 1. The molecule has 0 unspecified atom stereocenters. The molecule has 2 fully saturated rings. The number of aryl methyl sites for hydroxylation is 2. The van der Waals surface area contributed by atoms with Crippen LogP contribution in [0.25, 0.3) is 21.8 Å². The molecule has 0 N–H and O–H groups in total. The van der Waals surface area contributed by atoms with Crippen LogP contribution in [0, 0.1) is 11.8 Å². The summed E-state index contributed by atoms with van der Waals surface area (Å²) >= 11 is 6.23. The minimum absolute atomic E-state index is 0. The number of thiocarbonyl (C=S) groups is 1. The number of hydrogen-bond acceptors (Lipinski definition) is 9. The van der Waals surface area contributed by atoms with Crippen LogP contribution in [0.2, 0.25) is 0 Å². The zero-order valence-electron chi connectivity index (χ0n) is 30.7. The number of ether oxygens (including phenoxy) is 4. The third-order valence-electron chi connectivity index (χ3n) is 10.2. The monoisotopic (exact) mass is 842 g/mol. The van der Waals surface area contributed by atoms with Gasteiger partial charge in [-0.05, 0) is 135 Å². The Morgan fingerprint density at radius 2 is 1.02 bits per heavy atom. The van der Waals surface area contributed by atoms with Gasteiger partial charge in [-0.3, -0.25) is 9.59 Å². The summed E-state index contributed by atoms with van der Waals surface area (Å²) in [5, 5.41) is 2.01. The molecular weight excluding hydrogens is 787 g/mol. The highest BCUT2D eigenvalue weighted by Crippen LogP contribution is 2.32. The zero-order chi connectivity index (χ0) is 36.9. The van der Waals surface area contributed by atoms with Crippen LogP contribution in [0.1, 0.15) is 104 Å². The maximum Gasteiger partial charge on any atom is 0.216 e. The number of hydrogen-bond donors (Lipinski definition) is 0. The number of fused-ring (bicyclic) bond motifs is 2. The lowest BCUT2D eigenvalue weighted by atomic mass is 9.82. The molecule has 52 heavy (non-hydrogen) atoms. The minimum atomic E-state index is 0. The Kier molecular flexibility index (Phi) is 18.0. The van der Waals surface area contributed by atoms with E-state index < -0.39 is 0 Å². The number of aromatic nitrogens is 2. The summed E-state index contributed by atoms with van der Waals surface area (Å²) < 4.78 is 23.0. The average molecular weight is 843 g/mol. The van der Waals surface area contributed by atoms with Crippen LogP contribution < -0.4 is 9.47 Å². The number of Topliss-reactive ketones (excluding diaryl/α,β-unsaturated/α-hetero) is 2. The molecule has 0 spiro atoms. The summed E-state index contributed by atoms with van der Waals surface area (Å²) in [6, 6.07) is 15.8. The molecule has 2 heterocycles. The molecule has 0 amide bonds. The van der Waals surface area contributed by atoms with Crippen molar-refractivity contribution < 1.29 is 28.5 Å². The Morgan fingerprint density at radius 3 is 1.31 bits per heavy atom. The smallest absolute Gasteiger partial charge is 0.216 e. The molecule has 8 nitrogen and oxygen atoms in total. The van der Waals surface area contributed by atoms with Gasteiger partial charge in [-0.15, -0.1) is 0 Å². The number of nitrogens with zero attached hydrogens (tertiary/aromatic N) is 2. The van der Waals surface area contributed by atoms with Crippen molar-refractivity contribution >= 4 is 71.6 Å². The first-order valence-electron chi connectivity index (χ1n) is 17.9. The number of rotatable bonds is 10. The number of ketones is 2. The fraction of sp³-hybridized carbons (Fsp3) is 0.500. The van der Waals surface area contributed by atoms with E-state index in [0.29, 0.717) is 24.0 Å². The molecule has 2 aromatic heterocycles. The van der Waals surface area contributed by atoms with Crippen molar-refractivity contribution in [3.8, 4) is 11.8 Å². The predicted octanol–water partition coefficient (Wildman–Crippen LogP) is 10.4. The fourth-order valence-electron chi connectivity index (χ4n) is 7.16. The van der Waals surface area contributed by atoms with Crippen LogP contribution in [0.3, 0.4) is 0 Å². The summed E-state index contributed by atoms with van der Waals surface area (Å²) in [6.07, 6.45) is 9.87. The summed E-state index contributed by atoms with van der Waals surface area (Å²) in [5.74, 6) is 2.07. The number of carbonyl (C=O) groups excluding carboxylic acids is 2. The molecule has 2 aromatic carbocycles. The zero-order valence-corrected chi connectivity index (χ0v) is 33.7. The van der Waals surface area contributed by atoms with Crippen molar-refractivity contribution in [2.24, 2.45) is 11.8 Å². The molecule has 0 atom stereocenters. The molecule has 0 bridgehead atoms. The van der Waals surface area contributed by atoms with Crippen LogP contribution >= 0.6 is 34.8 Å². The van der Waals surface area contributed by atoms with E-state index in [0.717, 1.165) is 108 Å². The van der Waals surface area contributed by atoms with Gasteiger partial charge >= 0.3 is 0 Å². The lowest BCUT2D eigenvalue weighted by Gasteiger charge is -2.26. The van der Waals surface area contributed by atoms with Gasteiger partial charge in [0.25, 0.3) is 0 Å². The van der Waals surface area contributed by atoms with Crippen molar-refractivity contribution in [3.63, 3.8) is 0 Å². The van der Waals surface area contributed by atoms with Gasteiger partial charge in [-0.2, -0.15) is 0 Å². The van der Waals surface area contributed by atoms with E-state index in [1.807, 2.05) is 59.0 Å². The van der Waals surface area contributed by atoms with Gasteiger partial charge in [-0.1, -0.05) is 33.5 Å². The highest BCUT2D eigenvalue weighted by Gasteiger charge is 2.28. The topological polar surface area (TPSA) is 96.8 Å². The summed E-state index contributed by atoms with van der Waals surface area (Å²) in [4.78, 5) is 34.8. The van der Waals surface area contributed by atoms with Crippen LogP contribution in [0.5, 0.6) is 11.8 Å². The minimum Gasteiger partial charge on any atom is -0.481 e. The van der Waals surface area contributed by atoms with Crippen molar-refractivity contribution in [2.45, 2.75) is 97.7 Å². The summed E-state index contributed by atoms with van der Waals surface area (Å²) in [6.45, 7) is 4.16. The van der Waals surface area contributed by atoms with Gasteiger partial charge in [0.2, 0.25) is 11.8 Å². The number of methoxy groups -OCH3 is 4. The Bertz CT molecular complexity index is 1660. The predicted molar refractivity (Wildman–Crippen MR) is 224 cm³/mol. The van der Waals surface area contributed by atoms with Crippen LogP contribution in [0.15, 0.2) is 48.5 Å². The molecule has 0 saturated heterocycles. The molecule has 4 aromatic rings. The number of benzene rings is 2. The van der Waals surface area contributed by atoms with Crippen LogP contribution in [0.4, 0.5) is 0 Å². The van der Waals surface area contributed by atoms with E-state index in [4.69, 9.17) is 18.9 Å². The standard InChI is InChI=1S/2C20H25NO3.CHIS.CH4/c2*1-4-13-11-16-12-15(7-10-18(16)21-20(13)24-3)19(22)14-5-8-17(23-2)9-6-14;2-1-3;/h2*7,10-12,14,17H,4-6,8-9H2,1-3H3;1H;1H4. The van der Waals surface area contributed by atoms with Gasteiger partial charge in [0, 0.05) is 62.5 Å². The number of pyridine rings is 2. The maximum absolute atomic E-state index is 12.8. The lowest BCUT2D eigenvalue weighted by Crippen LogP contribution is -2.25. The van der Waals surface area contributed by atoms with E-state index in [-0.39, 0.29) is 30.8 Å². The first-order chi connectivity index (χ1) is 24.7. The van der Waals surface area contributed by atoms with Gasteiger partial charge in [-0.25, -0.2) is 9.97 Å². The van der Waals surface area contributed by atoms with Gasteiger partial charge < -0.3 is 18.9 Å². The molecule has 2 aliphatic rings. The van der Waals surface area contributed by atoms with Crippen molar-refractivity contribution in [1.82, 2.24) is 9.97 Å². The van der Waals surface area contributed by atoms with E-state index in [1.54, 1.807) is 31.8 Å². The fourth-order valence-corrected chi connectivity index (χ4v) is 7.16. The molecule has 0 radical (unpaired) electrons. The van der Waals surface area contributed by atoms with E-state index in [9.17, 15) is 9.59 Å². The first kappa shape index (κ1) is 43.3. The Balaban J connectivity index is 0.000000256. The lowest BCUT2D eigenvalue weighted by molar-refractivity contribution is 0.0515. The molecule has 10 heteroatoms. The summed E-state index contributed by atoms with van der Waals surface area (Å²) in [5.41, 5.74) is 5.44. The molecule has 2 aliphatic carbocycles. The molecule has 282 valence electrons. The van der Waals surface area contributed by atoms with E-state index in [1.165, 1.54) is 0 Å². The third kappa shape index (κ3) is 11.0. The highest BCUT2D eigenvalue weighted by molar-refractivity contribution is 14.1. The SMILES string of the molecule is C.CCc1cc2cc(C(=O)C3CCC(OC)CC3)ccc2nc1OC.CCc1cc2cc(C(=O)C3CCC(OC)CC3)ccc2nc1OC.S=CI.